The molecule has 2 bridgehead atoms. The highest BCUT2D eigenvalue weighted by Crippen LogP contribution is 2.12. The fourth-order valence-corrected chi connectivity index (χ4v) is 5.48. The van der Waals surface area contributed by atoms with Crippen LogP contribution >= 0.6 is 0 Å². The van der Waals surface area contributed by atoms with Gasteiger partial charge in [0.05, 0.1) is 36.4 Å². The molecule has 0 saturated carbocycles. The van der Waals surface area contributed by atoms with Crippen LogP contribution in [0.25, 0.3) is 0 Å². The van der Waals surface area contributed by atoms with E-state index in [1.54, 1.807) is 24.3 Å². The Kier molecular flexibility index (Phi) is 18.3. The van der Waals surface area contributed by atoms with E-state index in [4.69, 9.17) is 31.2 Å². The van der Waals surface area contributed by atoms with Crippen LogP contribution in [0.5, 0.6) is 11.5 Å². The summed E-state index contributed by atoms with van der Waals surface area (Å²) in [7, 11) is 3.07. The maximum atomic E-state index is 10.4. The van der Waals surface area contributed by atoms with Crippen LogP contribution in [0.4, 0.5) is 5.69 Å². The third-order valence-corrected chi connectivity index (χ3v) is 8.58. The summed E-state index contributed by atoms with van der Waals surface area (Å²) in [6.07, 6.45) is 0. The summed E-state index contributed by atoms with van der Waals surface area (Å²) in [5, 5.41) is 42.4. The van der Waals surface area contributed by atoms with Crippen molar-refractivity contribution in [2.75, 3.05) is 98.5 Å². The Labute approximate surface area is 306 Å². The molecule has 3 saturated heterocycles. The number of hydrogen-bond acceptors (Lipinski definition) is 13. The summed E-state index contributed by atoms with van der Waals surface area (Å²) < 4.78 is 9.71. The Morgan fingerprint density at radius 3 is 1.29 bits per heavy atom. The molecular weight excluding hydrogens is 666 g/mol. The first kappa shape index (κ1) is 42.1. The van der Waals surface area contributed by atoms with Gasteiger partial charge in [-0.05, 0) is 66.2 Å². The van der Waals surface area contributed by atoms with Crippen molar-refractivity contribution in [3.8, 4) is 11.5 Å². The Morgan fingerprint density at radius 1 is 0.615 bits per heavy atom. The molecule has 0 amide bonds. The number of carbonyl (C=O) groups is 2. The van der Waals surface area contributed by atoms with Gasteiger partial charge in [0.2, 0.25) is 0 Å². The fourth-order valence-electron chi connectivity index (χ4n) is 5.48. The molecule has 286 valence electrons. The van der Waals surface area contributed by atoms with Crippen LogP contribution in [-0.4, -0.2) is 126 Å². The lowest BCUT2D eigenvalue weighted by Crippen LogP contribution is -2.66. The molecule has 0 aliphatic carbocycles. The SMILES string of the molecule is COc1ccc(C(=O)O)cc1.COc1ccc(C(=O)O)cc1.Nc1ccc(CNC23CNCCNCC(N)(CNCCNC2)CNCCNC3)cc1. The molecule has 52 heavy (non-hydrogen) atoms. The molecule has 0 radical (unpaired) electrons. The molecule has 13 N–H and O–H groups in total. The van der Waals surface area contributed by atoms with Crippen molar-refractivity contribution < 1.29 is 29.3 Å². The molecule has 0 atom stereocenters. The summed E-state index contributed by atoms with van der Waals surface area (Å²) in [5.41, 5.74) is 14.7. The number of methoxy groups -OCH3 is 2. The first-order valence-corrected chi connectivity index (χ1v) is 17.4. The van der Waals surface area contributed by atoms with Crippen molar-refractivity contribution in [2.24, 2.45) is 5.73 Å². The molecular formula is C37H57N9O6. The van der Waals surface area contributed by atoms with Gasteiger partial charge in [-0.2, -0.15) is 0 Å². The predicted octanol–water partition coefficient (Wildman–Crippen LogP) is 0.146. The number of nitrogen functional groups attached to an aromatic ring is 1. The average molecular weight is 724 g/mol. The number of carboxylic acids is 2. The zero-order valence-corrected chi connectivity index (χ0v) is 30.3. The minimum atomic E-state index is -0.923. The lowest BCUT2D eigenvalue weighted by molar-refractivity contribution is 0.0686. The fraction of sp³-hybridized carbons (Fsp3) is 0.459. The van der Waals surface area contributed by atoms with E-state index in [0.29, 0.717) is 11.5 Å². The van der Waals surface area contributed by atoms with Crippen molar-refractivity contribution in [3.63, 3.8) is 0 Å². The second-order valence-electron chi connectivity index (χ2n) is 12.9. The zero-order valence-electron chi connectivity index (χ0n) is 30.3. The summed E-state index contributed by atoms with van der Waals surface area (Å²) in [5.74, 6) is -0.523. The monoisotopic (exact) mass is 723 g/mol. The topological polar surface area (TPSA) is 229 Å². The second-order valence-corrected chi connectivity index (χ2v) is 12.9. The number of nitrogens with two attached hydrogens (primary N) is 2. The van der Waals surface area contributed by atoms with Crippen molar-refractivity contribution in [3.05, 3.63) is 89.5 Å². The number of hydrogen-bond donors (Lipinski definition) is 11. The molecule has 0 aromatic heterocycles. The number of aromatic carboxylic acids is 2. The highest BCUT2D eigenvalue weighted by molar-refractivity contribution is 5.88. The number of carboxylic acid groups (broad SMARTS) is 2. The minimum Gasteiger partial charge on any atom is -0.497 e. The van der Waals surface area contributed by atoms with E-state index in [1.807, 2.05) is 12.1 Å². The number of fused-ring (bicyclic) bond motifs is 15. The van der Waals surface area contributed by atoms with Crippen molar-refractivity contribution >= 4 is 17.6 Å². The maximum absolute atomic E-state index is 10.4. The molecule has 3 aliphatic heterocycles. The molecule has 15 heteroatoms. The van der Waals surface area contributed by atoms with Gasteiger partial charge < -0.3 is 68.4 Å². The summed E-state index contributed by atoms with van der Waals surface area (Å²) in [4.78, 5) is 20.7. The third kappa shape index (κ3) is 15.5. The van der Waals surface area contributed by atoms with Gasteiger partial charge in [-0.3, -0.25) is 0 Å². The largest absolute Gasteiger partial charge is 0.497 e. The van der Waals surface area contributed by atoms with Crippen LogP contribution in [0.3, 0.4) is 0 Å². The normalized spacial score (nSPS) is 21.4. The van der Waals surface area contributed by atoms with Gasteiger partial charge in [0.25, 0.3) is 0 Å². The quantitative estimate of drug-likeness (QED) is 0.146. The van der Waals surface area contributed by atoms with Gasteiger partial charge in [-0.1, -0.05) is 12.1 Å². The number of rotatable bonds is 7. The van der Waals surface area contributed by atoms with Gasteiger partial charge in [0.1, 0.15) is 11.5 Å². The number of nitrogens with one attached hydrogen (secondary N) is 7. The third-order valence-electron chi connectivity index (χ3n) is 8.58. The molecule has 3 aromatic carbocycles. The molecule has 3 aliphatic rings. The minimum absolute atomic E-state index is 0.104. The van der Waals surface area contributed by atoms with Crippen LogP contribution in [0.1, 0.15) is 26.3 Å². The average Bonchev–Trinajstić information content (AvgIpc) is 3.15. The van der Waals surface area contributed by atoms with E-state index in [2.05, 4.69) is 49.4 Å². The molecule has 6 rings (SSSR count). The van der Waals surface area contributed by atoms with E-state index in [0.717, 1.165) is 90.8 Å². The molecule has 3 fully saturated rings. The van der Waals surface area contributed by atoms with E-state index < -0.39 is 11.9 Å². The highest BCUT2D eigenvalue weighted by Gasteiger charge is 2.30. The van der Waals surface area contributed by atoms with Gasteiger partial charge in [0.15, 0.2) is 0 Å². The van der Waals surface area contributed by atoms with E-state index in [-0.39, 0.29) is 22.2 Å². The lowest BCUT2D eigenvalue weighted by atomic mass is 9.97. The summed E-state index contributed by atoms with van der Waals surface area (Å²) in [6.45, 7) is 11.2. The Bertz CT molecular complexity index is 1360. The van der Waals surface area contributed by atoms with Crippen LogP contribution in [0.2, 0.25) is 0 Å². The standard InChI is InChI=1S/C21H41N9.2C8H8O3/c22-19-3-1-18(2-4-19)11-30-21-15-27-8-5-24-12-20(23,13-25-6-9-28-16-21)14-26-7-10-29-17-21;2*1-11-7-4-2-6(3-5-7)8(9)10/h1-4,24-30H,5-17,22-23H2;2*2-5H,1H3,(H,9,10). The summed E-state index contributed by atoms with van der Waals surface area (Å²) >= 11 is 0. The zero-order chi connectivity index (χ0) is 37.7. The van der Waals surface area contributed by atoms with Crippen molar-refractivity contribution in [2.45, 2.75) is 17.6 Å². The lowest BCUT2D eigenvalue weighted by Gasteiger charge is -2.37. The van der Waals surface area contributed by atoms with E-state index in [9.17, 15) is 9.59 Å². The van der Waals surface area contributed by atoms with E-state index in [1.165, 1.54) is 44.0 Å². The first-order valence-electron chi connectivity index (χ1n) is 17.4. The molecule has 0 spiro atoms. The Hall–Kier alpha value is -4.32. The second kappa shape index (κ2) is 22.6. The maximum Gasteiger partial charge on any atom is 0.335 e. The Morgan fingerprint density at radius 2 is 0.962 bits per heavy atom. The Balaban J connectivity index is 0.000000269. The summed E-state index contributed by atoms with van der Waals surface area (Å²) in [6, 6.07) is 20.6. The van der Waals surface area contributed by atoms with Crippen LogP contribution in [0, 0.1) is 0 Å². The van der Waals surface area contributed by atoms with E-state index >= 15 is 0 Å². The van der Waals surface area contributed by atoms with Gasteiger partial charge in [0, 0.05) is 90.8 Å². The number of anilines is 1. The van der Waals surface area contributed by atoms with Gasteiger partial charge in [-0.15, -0.1) is 0 Å². The number of benzene rings is 3. The van der Waals surface area contributed by atoms with Crippen molar-refractivity contribution in [1.29, 1.82) is 0 Å². The van der Waals surface area contributed by atoms with Crippen LogP contribution in [0.15, 0.2) is 72.8 Å². The molecule has 15 nitrogen and oxygen atoms in total. The highest BCUT2D eigenvalue weighted by atomic mass is 16.5. The van der Waals surface area contributed by atoms with Crippen LogP contribution < -0.4 is 58.2 Å². The van der Waals surface area contributed by atoms with Gasteiger partial charge >= 0.3 is 11.9 Å². The number of ether oxygens (including phenoxy) is 2. The van der Waals surface area contributed by atoms with Crippen molar-refractivity contribution in [1.82, 2.24) is 37.2 Å². The molecule has 3 heterocycles. The smallest absolute Gasteiger partial charge is 0.335 e. The van der Waals surface area contributed by atoms with Crippen LogP contribution in [-0.2, 0) is 6.54 Å². The predicted molar refractivity (Wildman–Crippen MR) is 204 cm³/mol. The molecule has 0 unspecified atom stereocenters. The first-order chi connectivity index (χ1) is 25.1. The molecule has 3 aromatic rings. The van der Waals surface area contributed by atoms with Gasteiger partial charge in [-0.25, -0.2) is 9.59 Å².